The van der Waals surface area contributed by atoms with E-state index in [0.717, 1.165) is 0 Å². The number of hydrogen-bond acceptors (Lipinski definition) is 9. The van der Waals surface area contributed by atoms with Crippen molar-refractivity contribution in [2.75, 3.05) is 39.2 Å². The summed E-state index contributed by atoms with van der Waals surface area (Å²) in [4.78, 5) is 58.8. The topological polar surface area (TPSA) is 181 Å². The lowest BCUT2D eigenvalue weighted by molar-refractivity contribution is -0.000628. The first-order chi connectivity index (χ1) is 19.3. The number of fused-ring (bicyclic) bond motifs is 1. The van der Waals surface area contributed by atoms with Crippen LogP contribution in [0.5, 0.6) is 5.75 Å². The maximum atomic E-state index is 13.0. The van der Waals surface area contributed by atoms with Crippen molar-refractivity contribution in [2.45, 2.75) is 39.0 Å². The van der Waals surface area contributed by atoms with Crippen LogP contribution < -0.4 is 15.6 Å². The van der Waals surface area contributed by atoms with Crippen LogP contribution in [0.25, 0.3) is 11.0 Å². The third-order valence-corrected chi connectivity index (χ3v) is 6.98. The number of aromatic nitrogens is 4. The van der Waals surface area contributed by atoms with Crippen LogP contribution >= 0.6 is 22.6 Å². The minimum Gasteiger partial charge on any atom is -0.496 e. The van der Waals surface area contributed by atoms with E-state index in [-0.39, 0.29) is 37.6 Å². The number of anilines is 1. The molecule has 16 heteroatoms. The molecule has 0 radical (unpaired) electrons. The first-order valence-electron chi connectivity index (χ1n) is 12.5. The van der Waals surface area contributed by atoms with Gasteiger partial charge in [-0.25, -0.2) is 19.4 Å². The molecule has 1 saturated heterocycles. The summed E-state index contributed by atoms with van der Waals surface area (Å²) in [6.45, 7) is 5.82. The number of methoxy groups -OCH3 is 2. The van der Waals surface area contributed by atoms with Gasteiger partial charge in [-0.05, 0) is 55.0 Å². The highest BCUT2D eigenvalue weighted by Crippen LogP contribution is 2.32. The van der Waals surface area contributed by atoms with Gasteiger partial charge in [0, 0.05) is 25.2 Å². The Morgan fingerprint density at radius 2 is 1.95 bits per heavy atom. The average molecular weight is 683 g/mol. The van der Waals surface area contributed by atoms with E-state index in [1.807, 2.05) is 22.6 Å². The number of carbonyl (C=O) groups excluding carboxylic acids is 2. The molecule has 3 amide bonds. The molecule has 4 rings (SSSR count). The number of amides is 3. The molecule has 1 unspecified atom stereocenters. The van der Waals surface area contributed by atoms with Gasteiger partial charge >= 0.3 is 18.3 Å². The standard InChI is InChI=1S/C25H30IN7O8/c1-25(2,3)41-24(38)32-9-8-31(23(36)37)12-15(32)13-6-7-14(16(10-13)39-4)11-33-18-17(19(26)30-33)27-21(28-20(18)34)29-22(35)40-5/h6-7,10,15H,8-9,11-12H2,1-5H3,(H,36,37)(H2,27,28,29,34,35). The summed E-state index contributed by atoms with van der Waals surface area (Å²) in [7, 11) is 2.68. The molecule has 2 aromatic heterocycles. The Balaban J connectivity index is 1.67. The second kappa shape index (κ2) is 11.8. The number of halogens is 1. The van der Waals surface area contributed by atoms with E-state index in [1.54, 1.807) is 39.0 Å². The largest absolute Gasteiger partial charge is 0.496 e. The first-order valence-corrected chi connectivity index (χ1v) is 13.5. The van der Waals surface area contributed by atoms with E-state index < -0.39 is 35.5 Å². The number of carbonyl (C=O) groups is 3. The van der Waals surface area contributed by atoms with E-state index >= 15 is 0 Å². The predicted molar refractivity (Wildman–Crippen MR) is 154 cm³/mol. The van der Waals surface area contributed by atoms with Crippen LogP contribution in [-0.4, -0.2) is 92.4 Å². The van der Waals surface area contributed by atoms with E-state index in [9.17, 15) is 24.3 Å². The van der Waals surface area contributed by atoms with Gasteiger partial charge < -0.3 is 24.2 Å². The minimum absolute atomic E-state index is 0.0576. The van der Waals surface area contributed by atoms with Crippen molar-refractivity contribution in [1.29, 1.82) is 0 Å². The van der Waals surface area contributed by atoms with Gasteiger partial charge in [-0.2, -0.15) is 5.10 Å². The van der Waals surface area contributed by atoms with E-state index in [1.165, 1.54) is 28.7 Å². The summed E-state index contributed by atoms with van der Waals surface area (Å²) in [6.07, 6.45) is -2.40. The number of aromatic amines is 1. The second-order valence-corrected chi connectivity index (χ2v) is 11.2. The maximum absolute atomic E-state index is 13.0. The zero-order valence-electron chi connectivity index (χ0n) is 23.1. The molecular weight excluding hydrogens is 653 g/mol. The van der Waals surface area contributed by atoms with Gasteiger partial charge in [0.15, 0.2) is 5.52 Å². The van der Waals surface area contributed by atoms with Crippen LogP contribution in [0.15, 0.2) is 23.0 Å². The van der Waals surface area contributed by atoms with Crippen molar-refractivity contribution >= 4 is 57.9 Å². The molecule has 1 atom stereocenters. The van der Waals surface area contributed by atoms with Crippen LogP contribution in [0.1, 0.15) is 37.9 Å². The Kier molecular flexibility index (Phi) is 8.60. The van der Waals surface area contributed by atoms with Crippen LogP contribution in [0.2, 0.25) is 0 Å². The molecule has 0 saturated carbocycles. The molecule has 0 spiro atoms. The molecular formula is C25H30IN7O8. The number of rotatable bonds is 5. The molecule has 0 aliphatic carbocycles. The molecule has 3 N–H and O–H groups in total. The number of benzene rings is 1. The van der Waals surface area contributed by atoms with Gasteiger partial charge in [-0.3, -0.25) is 24.7 Å². The van der Waals surface area contributed by atoms with Gasteiger partial charge in [-0.1, -0.05) is 12.1 Å². The number of hydrogen-bond donors (Lipinski definition) is 3. The lowest BCUT2D eigenvalue weighted by Gasteiger charge is -2.41. The Hall–Kier alpha value is -4.09. The van der Waals surface area contributed by atoms with Crippen LogP contribution in [0, 0.1) is 3.70 Å². The van der Waals surface area contributed by atoms with E-state index in [0.29, 0.717) is 26.1 Å². The normalized spacial score (nSPS) is 15.5. The molecule has 15 nitrogen and oxygen atoms in total. The average Bonchev–Trinajstić information content (AvgIpc) is 3.22. The fraction of sp³-hybridized carbons (Fsp3) is 0.440. The van der Waals surface area contributed by atoms with Gasteiger partial charge in [0.05, 0.1) is 26.8 Å². The molecule has 220 valence electrons. The molecule has 1 aromatic carbocycles. The highest BCUT2D eigenvalue weighted by atomic mass is 127. The number of ether oxygens (including phenoxy) is 3. The Bertz CT molecular complexity index is 1550. The molecule has 1 aliphatic heterocycles. The SMILES string of the molecule is COC(=O)Nc1nc2c(I)nn(Cc3ccc(C4CN(C(=O)O)CCN4C(=O)OC(C)(C)C)cc3OC)c2c(=O)[nH]1. The molecule has 1 aliphatic rings. The first kappa shape index (κ1) is 29.9. The molecule has 41 heavy (non-hydrogen) atoms. The minimum atomic E-state index is -1.08. The number of carboxylic acid groups (broad SMARTS) is 1. The zero-order chi connectivity index (χ0) is 30.1. The Morgan fingerprint density at radius 1 is 1.22 bits per heavy atom. The van der Waals surface area contributed by atoms with Gasteiger partial charge in [0.1, 0.15) is 20.6 Å². The van der Waals surface area contributed by atoms with Gasteiger partial charge in [0.25, 0.3) is 5.56 Å². The molecule has 3 heterocycles. The highest BCUT2D eigenvalue weighted by molar-refractivity contribution is 14.1. The number of nitrogens with one attached hydrogen (secondary N) is 2. The predicted octanol–water partition coefficient (Wildman–Crippen LogP) is 3.23. The van der Waals surface area contributed by atoms with Crippen molar-refractivity contribution in [3.05, 3.63) is 43.4 Å². The quantitative estimate of drug-likeness (QED) is 0.338. The summed E-state index contributed by atoms with van der Waals surface area (Å²) in [6, 6.07) is 4.68. The smallest absolute Gasteiger partial charge is 0.413 e. The maximum Gasteiger partial charge on any atom is 0.413 e. The Labute approximate surface area is 247 Å². The van der Waals surface area contributed by atoms with Crippen LogP contribution in [0.3, 0.4) is 0 Å². The summed E-state index contributed by atoms with van der Waals surface area (Å²) in [5.41, 5.74) is 0.566. The Morgan fingerprint density at radius 3 is 2.59 bits per heavy atom. The summed E-state index contributed by atoms with van der Waals surface area (Å²) in [5, 5.41) is 16.4. The third kappa shape index (κ3) is 6.63. The monoisotopic (exact) mass is 683 g/mol. The highest BCUT2D eigenvalue weighted by Gasteiger charge is 2.36. The summed E-state index contributed by atoms with van der Waals surface area (Å²) < 4.78 is 17.7. The van der Waals surface area contributed by atoms with Crippen molar-refractivity contribution < 1.29 is 33.7 Å². The van der Waals surface area contributed by atoms with Crippen molar-refractivity contribution in [3.8, 4) is 5.75 Å². The summed E-state index contributed by atoms with van der Waals surface area (Å²) >= 11 is 1.95. The van der Waals surface area contributed by atoms with Crippen LogP contribution in [-0.2, 0) is 16.0 Å². The fourth-order valence-electron chi connectivity index (χ4n) is 4.42. The van der Waals surface area contributed by atoms with E-state index in [4.69, 9.17) is 9.47 Å². The van der Waals surface area contributed by atoms with Crippen LogP contribution in [0.4, 0.5) is 20.3 Å². The second-order valence-electron chi connectivity index (χ2n) is 10.2. The van der Waals surface area contributed by atoms with E-state index in [2.05, 4.69) is 25.1 Å². The fourth-order valence-corrected chi connectivity index (χ4v) is 5.05. The molecule has 1 fully saturated rings. The number of piperazine rings is 1. The van der Waals surface area contributed by atoms with Gasteiger partial charge in [0.2, 0.25) is 5.95 Å². The lowest BCUT2D eigenvalue weighted by atomic mass is 10.00. The number of H-pyrrole nitrogens is 1. The zero-order valence-corrected chi connectivity index (χ0v) is 25.2. The van der Waals surface area contributed by atoms with Crippen molar-refractivity contribution in [3.63, 3.8) is 0 Å². The lowest BCUT2D eigenvalue weighted by Crippen LogP contribution is -2.53. The molecule has 3 aromatic rings. The van der Waals surface area contributed by atoms with Crippen molar-refractivity contribution in [2.24, 2.45) is 0 Å². The summed E-state index contributed by atoms with van der Waals surface area (Å²) in [5.74, 6) is 0.372. The molecule has 0 bridgehead atoms. The van der Waals surface area contributed by atoms with Gasteiger partial charge in [-0.15, -0.1) is 0 Å². The van der Waals surface area contributed by atoms with Crippen molar-refractivity contribution in [1.82, 2.24) is 29.5 Å². The third-order valence-electron chi connectivity index (χ3n) is 6.26. The number of nitrogens with zero attached hydrogens (tertiary/aromatic N) is 5.